The summed E-state index contributed by atoms with van der Waals surface area (Å²) in [6.45, 7) is 6.92. The molecule has 1 atom stereocenters. The Hall–Kier alpha value is -1.30. The van der Waals surface area contributed by atoms with Crippen molar-refractivity contribution in [2.24, 2.45) is 5.73 Å². The van der Waals surface area contributed by atoms with Crippen LogP contribution in [0.4, 0.5) is 4.79 Å². The molecular formula is C15H27N3O3. The summed E-state index contributed by atoms with van der Waals surface area (Å²) >= 11 is 0. The highest BCUT2D eigenvalue weighted by atomic mass is 16.6. The normalized spacial score (nSPS) is 22.3. The Morgan fingerprint density at radius 3 is 2.48 bits per heavy atom. The van der Waals surface area contributed by atoms with Crippen molar-refractivity contribution in [1.82, 2.24) is 9.80 Å². The molecule has 1 unspecified atom stereocenters. The summed E-state index contributed by atoms with van der Waals surface area (Å²) in [6.07, 6.45) is 3.69. The molecule has 6 heteroatoms. The predicted molar refractivity (Wildman–Crippen MR) is 79.8 cm³/mol. The zero-order valence-electron chi connectivity index (χ0n) is 13.3. The summed E-state index contributed by atoms with van der Waals surface area (Å²) in [5.74, 6) is -0.0199. The molecular weight excluding hydrogens is 270 g/mol. The molecule has 1 saturated carbocycles. The van der Waals surface area contributed by atoms with Crippen molar-refractivity contribution in [2.75, 3.05) is 19.6 Å². The monoisotopic (exact) mass is 297 g/mol. The van der Waals surface area contributed by atoms with E-state index in [1.54, 1.807) is 4.90 Å². The zero-order chi connectivity index (χ0) is 15.6. The van der Waals surface area contributed by atoms with Crippen LogP contribution in [-0.4, -0.2) is 59.1 Å². The number of carbonyl (C=O) groups is 2. The van der Waals surface area contributed by atoms with Crippen LogP contribution in [0.2, 0.25) is 0 Å². The van der Waals surface area contributed by atoms with Gasteiger partial charge in [0.05, 0.1) is 12.6 Å². The number of amides is 2. The molecule has 1 saturated heterocycles. The average Bonchev–Trinajstić information content (AvgIpc) is 3.11. The number of hydrogen-bond donors (Lipinski definition) is 1. The van der Waals surface area contributed by atoms with Crippen LogP contribution in [0.3, 0.4) is 0 Å². The lowest BCUT2D eigenvalue weighted by Crippen LogP contribution is -2.48. The van der Waals surface area contributed by atoms with Crippen molar-refractivity contribution < 1.29 is 14.3 Å². The number of nitrogens with two attached hydrogens (primary N) is 1. The van der Waals surface area contributed by atoms with Crippen LogP contribution in [0.15, 0.2) is 0 Å². The SMILES string of the molecule is CC(C)(C)OC(=O)N1CCCC1CN(C(=O)CN)C1CC1. The topological polar surface area (TPSA) is 75.9 Å². The quantitative estimate of drug-likeness (QED) is 0.849. The molecule has 2 amide bonds. The van der Waals surface area contributed by atoms with Gasteiger partial charge in [-0.1, -0.05) is 0 Å². The van der Waals surface area contributed by atoms with Gasteiger partial charge in [-0.05, 0) is 46.5 Å². The molecule has 1 heterocycles. The maximum absolute atomic E-state index is 12.3. The molecule has 0 aromatic rings. The predicted octanol–water partition coefficient (Wildman–Crippen LogP) is 1.34. The first kappa shape index (κ1) is 16.1. The van der Waals surface area contributed by atoms with Crippen molar-refractivity contribution in [3.8, 4) is 0 Å². The summed E-state index contributed by atoms with van der Waals surface area (Å²) in [5.41, 5.74) is 5.00. The van der Waals surface area contributed by atoms with Gasteiger partial charge in [0.2, 0.25) is 5.91 Å². The second-order valence-corrected chi connectivity index (χ2v) is 6.95. The molecule has 6 nitrogen and oxygen atoms in total. The third-order valence-corrected chi connectivity index (χ3v) is 3.90. The van der Waals surface area contributed by atoms with E-state index in [1.807, 2.05) is 25.7 Å². The van der Waals surface area contributed by atoms with Crippen molar-refractivity contribution in [1.29, 1.82) is 0 Å². The number of likely N-dealkylation sites (tertiary alicyclic amines) is 1. The molecule has 0 bridgehead atoms. The fourth-order valence-electron chi connectivity index (χ4n) is 2.77. The molecule has 0 radical (unpaired) electrons. The van der Waals surface area contributed by atoms with E-state index >= 15 is 0 Å². The molecule has 120 valence electrons. The second-order valence-electron chi connectivity index (χ2n) is 6.95. The van der Waals surface area contributed by atoms with E-state index in [0.29, 0.717) is 19.1 Å². The van der Waals surface area contributed by atoms with E-state index in [-0.39, 0.29) is 24.6 Å². The maximum atomic E-state index is 12.3. The van der Waals surface area contributed by atoms with Gasteiger partial charge in [-0.2, -0.15) is 0 Å². The Balaban J connectivity index is 1.97. The Morgan fingerprint density at radius 2 is 1.95 bits per heavy atom. The van der Waals surface area contributed by atoms with Crippen molar-refractivity contribution >= 4 is 12.0 Å². The average molecular weight is 297 g/mol. The van der Waals surface area contributed by atoms with Gasteiger partial charge in [0.15, 0.2) is 0 Å². The number of ether oxygens (including phenoxy) is 1. The molecule has 2 aliphatic rings. The fourth-order valence-corrected chi connectivity index (χ4v) is 2.77. The van der Waals surface area contributed by atoms with E-state index in [4.69, 9.17) is 10.5 Å². The summed E-state index contributed by atoms with van der Waals surface area (Å²) in [6, 6.07) is 0.373. The smallest absolute Gasteiger partial charge is 0.410 e. The molecule has 2 rings (SSSR count). The Labute approximate surface area is 126 Å². The van der Waals surface area contributed by atoms with E-state index < -0.39 is 5.60 Å². The minimum absolute atomic E-state index is 0.0199. The first-order valence-corrected chi connectivity index (χ1v) is 7.81. The van der Waals surface area contributed by atoms with Crippen LogP contribution < -0.4 is 5.73 Å². The third-order valence-electron chi connectivity index (χ3n) is 3.90. The highest BCUT2D eigenvalue weighted by Crippen LogP contribution is 2.29. The van der Waals surface area contributed by atoms with Crippen molar-refractivity contribution in [3.63, 3.8) is 0 Å². The van der Waals surface area contributed by atoms with Crippen LogP contribution in [0.1, 0.15) is 46.5 Å². The largest absolute Gasteiger partial charge is 0.444 e. The number of carbonyl (C=O) groups excluding carboxylic acids is 2. The number of hydrogen-bond acceptors (Lipinski definition) is 4. The van der Waals surface area contributed by atoms with E-state index in [0.717, 1.165) is 25.7 Å². The fraction of sp³-hybridized carbons (Fsp3) is 0.867. The highest BCUT2D eigenvalue weighted by molar-refractivity contribution is 5.79. The molecule has 2 fully saturated rings. The lowest BCUT2D eigenvalue weighted by atomic mass is 10.2. The van der Waals surface area contributed by atoms with E-state index in [9.17, 15) is 9.59 Å². The van der Waals surface area contributed by atoms with Crippen molar-refractivity contribution in [3.05, 3.63) is 0 Å². The van der Waals surface area contributed by atoms with E-state index in [1.165, 1.54) is 0 Å². The summed E-state index contributed by atoms with van der Waals surface area (Å²) in [7, 11) is 0. The molecule has 0 aromatic carbocycles. The standard InChI is InChI=1S/C15H27N3O3/c1-15(2,3)21-14(20)17-8-4-5-12(17)10-18(11-6-7-11)13(19)9-16/h11-12H,4-10,16H2,1-3H3. The lowest BCUT2D eigenvalue weighted by Gasteiger charge is -2.32. The molecule has 0 aromatic heterocycles. The summed E-state index contributed by atoms with van der Waals surface area (Å²) in [4.78, 5) is 27.8. The maximum Gasteiger partial charge on any atom is 0.410 e. The third kappa shape index (κ3) is 4.33. The Morgan fingerprint density at radius 1 is 1.29 bits per heavy atom. The lowest BCUT2D eigenvalue weighted by molar-refractivity contribution is -0.131. The Kier molecular flexibility index (Phi) is 4.76. The first-order chi connectivity index (χ1) is 9.81. The first-order valence-electron chi connectivity index (χ1n) is 7.81. The number of nitrogens with zero attached hydrogens (tertiary/aromatic N) is 2. The van der Waals surface area contributed by atoms with Gasteiger partial charge in [-0.3, -0.25) is 4.79 Å². The van der Waals surface area contributed by atoms with Gasteiger partial charge >= 0.3 is 6.09 Å². The van der Waals surface area contributed by atoms with Crippen LogP contribution in [0.25, 0.3) is 0 Å². The van der Waals surface area contributed by atoms with Gasteiger partial charge in [0.1, 0.15) is 5.60 Å². The molecule has 0 spiro atoms. The molecule has 1 aliphatic heterocycles. The Bertz CT molecular complexity index is 401. The number of rotatable bonds is 4. The minimum Gasteiger partial charge on any atom is -0.444 e. The molecule has 21 heavy (non-hydrogen) atoms. The van der Waals surface area contributed by atoms with Crippen molar-refractivity contribution in [2.45, 2.75) is 64.1 Å². The van der Waals surface area contributed by atoms with Gasteiger partial charge in [-0.25, -0.2) is 4.79 Å². The van der Waals surface area contributed by atoms with Gasteiger partial charge < -0.3 is 20.3 Å². The molecule has 1 aliphatic carbocycles. The molecule has 2 N–H and O–H groups in total. The summed E-state index contributed by atoms with van der Waals surface area (Å²) in [5, 5.41) is 0. The van der Waals surface area contributed by atoms with E-state index in [2.05, 4.69) is 0 Å². The van der Waals surface area contributed by atoms with Crippen LogP contribution >= 0.6 is 0 Å². The highest BCUT2D eigenvalue weighted by Gasteiger charge is 2.38. The van der Waals surface area contributed by atoms with Gasteiger partial charge in [0.25, 0.3) is 0 Å². The van der Waals surface area contributed by atoms with Crippen LogP contribution in [0, 0.1) is 0 Å². The summed E-state index contributed by atoms with van der Waals surface area (Å²) < 4.78 is 5.46. The zero-order valence-corrected chi connectivity index (χ0v) is 13.3. The minimum atomic E-state index is -0.493. The van der Waals surface area contributed by atoms with Crippen LogP contribution in [0.5, 0.6) is 0 Å². The van der Waals surface area contributed by atoms with Crippen LogP contribution in [-0.2, 0) is 9.53 Å². The second kappa shape index (κ2) is 6.22. The van der Waals surface area contributed by atoms with Gasteiger partial charge in [0, 0.05) is 19.1 Å². The van der Waals surface area contributed by atoms with Gasteiger partial charge in [-0.15, -0.1) is 0 Å².